The molecule has 0 saturated carbocycles. The molecule has 1 aliphatic rings. The Labute approximate surface area is 211 Å². The fraction of sp³-hybridized carbons (Fsp3) is 0.429. The number of tetrazole rings is 1. The van der Waals surface area contributed by atoms with Crippen molar-refractivity contribution in [3.63, 3.8) is 0 Å². The van der Waals surface area contributed by atoms with Crippen LogP contribution in [0.3, 0.4) is 0 Å². The van der Waals surface area contributed by atoms with Gasteiger partial charge in [-0.1, -0.05) is 55.3 Å². The molecule has 3 heterocycles. The lowest BCUT2D eigenvalue weighted by Crippen LogP contribution is -2.33. The molecule has 8 heteroatoms. The first-order chi connectivity index (χ1) is 17.6. The smallest absolute Gasteiger partial charge is 0.252 e. The number of ether oxygens (including phenoxy) is 1. The Morgan fingerprint density at radius 1 is 1.17 bits per heavy atom. The van der Waals surface area contributed by atoms with Crippen LogP contribution in [0, 0.1) is 6.92 Å². The summed E-state index contributed by atoms with van der Waals surface area (Å²) in [4.78, 5) is 18.5. The van der Waals surface area contributed by atoms with Gasteiger partial charge in [0.05, 0.1) is 18.7 Å². The second kappa shape index (κ2) is 11.1. The number of aromatic nitrogens is 5. The van der Waals surface area contributed by atoms with E-state index in [-0.39, 0.29) is 17.7 Å². The highest BCUT2D eigenvalue weighted by Gasteiger charge is 2.28. The van der Waals surface area contributed by atoms with Crippen LogP contribution in [-0.2, 0) is 24.4 Å². The molecule has 2 aromatic carbocycles. The number of H-pyrrole nitrogens is 1. The fourth-order valence-electron chi connectivity index (χ4n) is 5.11. The van der Waals surface area contributed by atoms with Crippen LogP contribution in [0.15, 0.2) is 59.4 Å². The van der Waals surface area contributed by atoms with Gasteiger partial charge in [-0.05, 0) is 65.8 Å². The lowest BCUT2D eigenvalue weighted by atomic mass is 10.0. The quantitative estimate of drug-likeness (QED) is 0.354. The predicted octanol–water partition coefficient (Wildman–Crippen LogP) is 4.55. The molecule has 0 radical (unpaired) electrons. The molecule has 1 fully saturated rings. The van der Waals surface area contributed by atoms with Crippen LogP contribution in [0.5, 0.6) is 0 Å². The zero-order chi connectivity index (χ0) is 24.9. The number of aromatic amines is 1. The minimum absolute atomic E-state index is 0.0424. The Morgan fingerprint density at radius 2 is 2.03 bits per heavy atom. The number of benzene rings is 2. The van der Waals surface area contributed by atoms with Crippen molar-refractivity contribution in [2.24, 2.45) is 0 Å². The number of nitrogens with zero attached hydrogens (tertiary/aromatic N) is 5. The van der Waals surface area contributed by atoms with Crippen molar-refractivity contribution in [1.82, 2.24) is 30.1 Å². The predicted molar refractivity (Wildman–Crippen MR) is 139 cm³/mol. The van der Waals surface area contributed by atoms with E-state index in [1.165, 1.54) is 11.1 Å². The van der Waals surface area contributed by atoms with Gasteiger partial charge in [0.25, 0.3) is 5.56 Å². The van der Waals surface area contributed by atoms with Gasteiger partial charge in [-0.25, -0.2) is 4.68 Å². The van der Waals surface area contributed by atoms with Gasteiger partial charge in [-0.2, -0.15) is 0 Å². The minimum Gasteiger partial charge on any atom is -0.376 e. The van der Waals surface area contributed by atoms with Gasteiger partial charge >= 0.3 is 0 Å². The molecule has 36 heavy (non-hydrogen) atoms. The van der Waals surface area contributed by atoms with Crippen molar-refractivity contribution >= 4 is 10.9 Å². The van der Waals surface area contributed by atoms with Gasteiger partial charge in [0.2, 0.25) is 0 Å². The average Bonchev–Trinajstić information content (AvgIpc) is 3.56. The van der Waals surface area contributed by atoms with E-state index in [1.54, 1.807) is 0 Å². The first-order valence-corrected chi connectivity index (χ1v) is 12.9. The average molecular weight is 487 g/mol. The number of rotatable bonds is 10. The van der Waals surface area contributed by atoms with Crippen LogP contribution in [-0.4, -0.2) is 42.8 Å². The van der Waals surface area contributed by atoms with Crippen molar-refractivity contribution < 1.29 is 4.74 Å². The standard InChI is InChI=1S/C28H34N6O2/c1-3-8-26(27-30-31-32-34(27)19-24-11-7-14-36-24)33(17-21-9-5-4-6-10-21)18-23-16-22-15-20(2)12-13-25(22)29-28(23)35/h4-6,9-10,12-13,15-16,24,26H,3,7-8,11,14,17-19H2,1-2H3,(H,29,35)/t24-,26-/m0/s1. The van der Waals surface area contributed by atoms with Crippen LogP contribution in [0.1, 0.15) is 61.2 Å². The highest BCUT2D eigenvalue weighted by Crippen LogP contribution is 2.28. The first-order valence-electron chi connectivity index (χ1n) is 12.9. The SMILES string of the molecule is CCC[C@@H](c1nnnn1C[C@@H]1CCCO1)N(Cc1ccccc1)Cc1cc2cc(C)ccc2[nH]c1=O. The van der Waals surface area contributed by atoms with E-state index in [2.05, 4.69) is 69.6 Å². The second-order valence-corrected chi connectivity index (χ2v) is 9.76. The monoisotopic (exact) mass is 486 g/mol. The zero-order valence-corrected chi connectivity index (χ0v) is 21.1. The molecule has 2 atom stereocenters. The molecule has 0 unspecified atom stereocenters. The Bertz CT molecular complexity index is 1340. The van der Waals surface area contributed by atoms with Crippen molar-refractivity contribution in [2.75, 3.05) is 6.61 Å². The van der Waals surface area contributed by atoms with Crippen LogP contribution in [0.25, 0.3) is 10.9 Å². The van der Waals surface area contributed by atoms with E-state index >= 15 is 0 Å². The molecule has 0 amide bonds. The van der Waals surface area contributed by atoms with Crippen molar-refractivity contribution in [2.45, 2.75) is 71.3 Å². The molecule has 2 aromatic heterocycles. The summed E-state index contributed by atoms with van der Waals surface area (Å²) >= 11 is 0. The highest BCUT2D eigenvalue weighted by atomic mass is 16.5. The van der Waals surface area contributed by atoms with Crippen LogP contribution in [0.2, 0.25) is 0 Å². The number of pyridine rings is 1. The summed E-state index contributed by atoms with van der Waals surface area (Å²) < 4.78 is 7.77. The van der Waals surface area contributed by atoms with Crippen molar-refractivity contribution in [3.8, 4) is 0 Å². The molecule has 8 nitrogen and oxygen atoms in total. The summed E-state index contributed by atoms with van der Waals surface area (Å²) in [5.41, 5.74) is 3.89. The van der Waals surface area contributed by atoms with Gasteiger partial charge in [0.1, 0.15) is 0 Å². The number of hydrogen-bond acceptors (Lipinski definition) is 6. The largest absolute Gasteiger partial charge is 0.376 e. The van der Waals surface area contributed by atoms with Gasteiger partial charge in [0, 0.05) is 30.8 Å². The van der Waals surface area contributed by atoms with E-state index in [0.717, 1.165) is 54.6 Å². The summed E-state index contributed by atoms with van der Waals surface area (Å²) in [7, 11) is 0. The maximum atomic E-state index is 13.1. The summed E-state index contributed by atoms with van der Waals surface area (Å²) in [5, 5.41) is 13.9. The molecular weight excluding hydrogens is 452 g/mol. The van der Waals surface area contributed by atoms with Crippen LogP contribution >= 0.6 is 0 Å². The van der Waals surface area contributed by atoms with Crippen molar-refractivity contribution in [3.05, 3.63) is 87.5 Å². The molecule has 0 aliphatic carbocycles. The van der Waals surface area contributed by atoms with E-state index < -0.39 is 0 Å². The molecule has 4 aromatic rings. The topological polar surface area (TPSA) is 88.9 Å². The molecule has 0 spiro atoms. The number of fused-ring (bicyclic) bond motifs is 1. The van der Waals surface area contributed by atoms with E-state index in [1.807, 2.05) is 28.9 Å². The van der Waals surface area contributed by atoms with Crippen LogP contribution in [0.4, 0.5) is 0 Å². The third-order valence-corrected chi connectivity index (χ3v) is 6.94. The summed E-state index contributed by atoms with van der Waals surface area (Å²) in [6.45, 7) is 6.86. The molecule has 1 aliphatic heterocycles. The van der Waals surface area contributed by atoms with Crippen LogP contribution < -0.4 is 5.56 Å². The zero-order valence-electron chi connectivity index (χ0n) is 21.1. The van der Waals surface area contributed by atoms with E-state index in [9.17, 15) is 4.79 Å². The lowest BCUT2D eigenvalue weighted by molar-refractivity contribution is 0.0885. The Kier molecular flexibility index (Phi) is 7.53. The molecule has 0 bridgehead atoms. The van der Waals surface area contributed by atoms with E-state index in [4.69, 9.17) is 4.74 Å². The maximum absolute atomic E-state index is 13.1. The van der Waals surface area contributed by atoms with Gasteiger partial charge in [0.15, 0.2) is 5.82 Å². The molecular formula is C28H34N6O2. The molecule has 1 saturated heterocycles. The summed E-state index contributed by atoms with van der Waals surface area (Å²) in [6.07, 6.45) is 4.09. The van der Waals surface area contributed by atoms with Gasteiger partial charge < -0.3 is 9.72 Å². The lowest BCUT2D eigenvalue weighted by Gasteiger charge is -2.31. The maximum Gasteiger partial charge on any atom is 0.252 e. The number of nitrogens with one attached hydrogen (secondary N) is 1. The van der Waals surface area contributed by atoms with Crippen molar-refractivity contribution in [1.29, 1.82) is 0 Å². The molecule has 188 valence electrons. The minimum atomic E-state index is -0.0568. The third kappa shape index (κ3) is 5.55. The Morgan fingerprint density at radius 3 is 2.81 bits per heavy atom. The number of hydrogen-bond donors (Lipinski definition) is 1. The second-order valence-electron chi connectivity index (χ2n) is 9.76. The summed E-state index contributed by atoms with van der Waals surface area (Å²) in [6, 6.07) is 18.5. The third-order valence-electron chi connectivity index (χ3n) is 6.94. The molecule has 5 rings (SSSR count). The Hall–Kier alpha value is -3.36. The summed E-state index contributed by atoms with van der Waals surface area (Å²) in [5.74, 6) is 0.830. The van der Waals surface area contributed by atoms with E-state index in [0.29, 0.717) is 19.6 Å². The molecule has 1 N–H and O–H groups in total. The number of aryl methyl sites for hydroxylation is 1. The normalized spacial score (nSPS) is 16.7. The van der Waals surface area contributed by atoms with Gasteiger partial charge in [-0.15, -0.1) is 5.10 Å². The highest BCUT2D eigenvalue weighted by molar-refractivity contribution is 5.79. The first kappa shape index (κ1) is 24.3. The fourth-order valence-corrected chi connectivity index (χ4v) is 5.11. The van der Waals surface area contributed by atoms with Gasteiger partial charge in [-0.3, -0.25) is 9.69 Å². The Balaban J connectivity index is 1.51.